The molecule has 0 aliphatic carbocycles. The Morgan fingerprint density at radius 1 is 1.35 bits per heavy atom. The number of rotatable bonds is 4. The normalized spacial score (nSPS) is 19.6. The van der Waals surface area contributed by atoms with Crippen LogP contribution in [0.2, 0.25) is 5.02 Å². The van der Waals surface area contributed by atoms with Crippen LogP contribution in [0.4, 0.5) is 4.39 Å². The van der Waals surface area contributed by atoms with Crippen LogP contribution in [0.1, 0.15) is 49.9 Å². The maximum absolute atomic E-state index is 14.0. The molecule has 1 unspecified atom stereocenters. The van der Waals surface area contributed by atoms with Crippen molar-refractivity contribution in [3.8, 4) is 0 Å². The molecule has 0 saturated carbocycles. The average Bonchev–Trinajstić information content (AvgIpc) is 2.46. The first-order valence-electron chi connectivity index (χ1n) is 7.24. The van der Waals surface area contributed by atoms with Gasteiger partial charge in [-0.15, -0.1) is 0 Å². The molecule has 0 N–H and O–H groups in total. The van der Waals surface area contributed by atoms with Crippen LogP contribution in [-0.2, 0) is 0 Å². The van der Waals surface area contributed by atoms with E-state index in [9.17, 15) is 9.18 Å². The second kappa shape index (κ2) is 6.23. The minimum atomic E-state index is -0.630. The highest BCUT2D eigenvalue weighted by Crippen LogP contribution is 2.29. The van der Waals surface area contributed by atoms with Gasteiger partial charge in [-0.3, -0.25) is 9.69 Å². The van der Waals surface area contributed by atoms with Crippen molar-refractivity contribution in [3.63, 3.8) is 0 Å². The van der Waals surface area contributed by atoms with E-state index in [2.05, 4.69) is 4.90 Å². The number of ketones is 1. The molecule has 0 spiro atoms. The lowest BCUT2D eigenvalue weighted by molar-refractivity contribution is 0.0501. The fraction of sp³-hybridized carbons (Fsp3) is 0.562. The highest BCUT2D eigenvalue weighted by molar-refractivity contribution is 6.30. The van der Waals surface area contributed by atoms with Crippen LogP contribution in [0.5, 0.6) is 0 Å². The van der Waals surface area contributed by atoms with Crippen LogP contribution in [0, 0.1) is 5.82 Å². The second-order valence-corrected chi connectivity index (χ2v) is 6.06. The van der Waals surface area contributed by atoms with E-state index in [1.54, 1.807) is 6.07 Å². The average molecular weight is 298 g/mol. The van der Waals surface area contributed by atoms with Gasteiger partial charge in [-0.2, -0.15) is 0 Å². The van der Waals surface area contributed by atoms with Gasteiger partial charge < -0.3 is 0 Å². The number of nitrogens with zero attached hydrogens (tertiary/aromatic N) is 1. The molecular weight excluding hydrogens is 277 g/mol. The van der Waals surface area contributed by atoms with Crippen LogP contribution < -0.4 is 0 Å². The number of halogens is 2. The molecule has 0 bridgehead atoms. The number of hydrogen-bond acceptors (Lipinski definition) is 2. The summed E-state index contributed by atoms with van der Waals surface area (Å²) in [6, 6.07) is 4.28. The number of carbonyl (C=O) groups is 1. The molecule has 1 fully saturated rings. The summed E-state index contributed by atoms with van der Waals surface area (Å²) in [5.41, 5.74) is -0.487. The Morgan fingerprint density at radius 2 is 2.00 bits per heavy atom. The van der Waals surface area contributed by atoms with Gasteiger partial charge in [-0.25, -0.2) is 4.39 Å². The van der Waals surface area contributed by atoms with Crippen LogP contribution in [0.3, 0.4) is 0 Å². The molecule has 1 aromatic rings. The van der Waals surface area contributed by atoms with E-state index in [1.165, 1.54) is 18.6 Å². The van der Waals surface area contributed by atoms with Crippen LogP contribution in [-0.4, -0.2) is 29.3 Å². The van der Waals surface area contributed by atoms with Crippen molar-refractivity contribution in [3.05, 3.63) is 34.6 Å². The van der Waals surface area contributed by atoms with Crippen LogP contribution in [0.15, 0.2) is 18.2 Å². The van der Waals surface area contributed by atoms with Crippen molar-refractivity contribution in [1.29, 1.82) is 0 Å². The van der Waals surface area contributed by atoms with Crippen LogP contribution in [0.25, 0.3) is 0 Å². The summed E-state index contributed by atoms with van der Waals surface area (Å²) < 4.78 is 14.0. The van der Waals surface area contributed by atoms with Crippen molar-refractivity contribution < 1.29 is 9.18 Å². The monoisotopic (exact) mass is 297 g/mol. The third kappa shape index (κ3) is 2.89. The molecule has 1 aliphatic heterocycles. The summed E-state index contributed by atoms with van der Waals surface area (Å²) in [4.78, 5) is 15.0. The molecule has 0 aromatic heterocycles. The van der Waals surface area contributed by atoms with E-state index in [0.29, 0.717) is 11.4 Å². The largest absolute Gasteiger partial charge is 0.292 e. The molecule has 1 saturated heterocycles. The number of Topliss-reactive ketones (excluding diaryl/α,β-unsaturated/α-hetero) is 1. The van der Waals surface area contributed by atoms with Crippen molar-refractivity contribution >= 4 is 17.4 Å². The Labute approximate surface area is 124 Å². The topological polar surface area (TPSA) is 20.3 Å². The summed E-state index contributed by atoms with van der Waals surface area (Å²) in [6.45, 7) is 5.73. The van der Waals surface area contributed by atoms with Gasteiger partial charge in [0, 0.05) is 5.02 Å². The summed E-state index contributed by atoms with van der Waals surface area (Å²) in [5, 5.41) is 0.315. The van der Waals surface area contributed by atoms with E-state index in [-0.39, 0.29) is 11.3 Å². The van der Waals surface area contributed by atoms with Crippen molar-refractivity contribution in [2.45, 2.75) is 45.1 Å². The smallest absolute Gasteiger partial charge is 0.185 e. The van der Waals surface area contributed by atoms with Gasteiger partial charge in [0.2, 0.25) is 0 Å². The summed E-state index contributed by atoms with van der Waals surface area (Å²) >= 11 is 5.76. The molecule has 0 amide bonds. The van der Waals surface area contributed by atoms with Gasteiger partial charge in [-0.05, 0) is 57.5 Å². The van der Waals surface area contributed by atoms with Gasteiger partial charge in [-0.1, -0.05) is 24.9 Å². The Hall–Kier alpha value is -0.930. The van der Waals surface area contributed by atoms with Crippen molar-refractivity contribution in [2.24, 2.45) is 0 Å². The minimum absolute atomic E-state index is 0.143. The van der Waals surface area contributed by atoms with Crippen LogP contribution >= 0.6 is 11.6 Å². The second-order valence-electron chi connectivity index (χ2n) is 5.63. The van der Waals surface area contributed by atoms with E-state index in [0.717, 1.165) is 25.9 Å². The Bertz CT molecular complexity index is 499. The fourth-order valence-corrected chi connectivity index (χ4v) is 3.04. The lowest BCUT2D eigenvalue weighted by Crippen LogP contribution is -2.54. The molecule has 2 nitrogen and oxygen atoms in total. The number of benzene rings is 1. The zero-order valence-corrected chi connectivity index (χ0v) is 12.8. The van der Waals surface area contributed by atoms with Crippen molar-refractivity contribution in [1.82, 2.24) is 4.90 Å². The Balaban J connectivity index is 2.32. The minimum Gasteiger partial charge on any atom is -0.292 e. The molecule has 1 heterocycles. The molecule has 1 atom stereocenters. The third-order valence-electron chi connectivity index (χ3n) is 4.41. The highest BCUT2D eigenvalue weighted by Gasteiger charge is 2.39. The molecule has 1 aliphatic rings. The first-order valence-corrected chi connectivity index (χ1v) is 7.61. The van der Waals surface area contributed by atoms with E-state index in [4.69, 9.17) is 11.6 Å². The van der Waals surface area contributed by atoms with E-state index >= 15 is 0 Å². The quantitative estimate of drug-likeness (QED) is 0.772. The van der Waals surface area contributed by atoms with Crippen molar-refractivity contribution in [2.75, 3.05) is 13.1 Å². The standard InChI is InChI=1S/C16H21ClFNO/c1-3-16(2,19-9-5-4-6-10-19)15(20)13-8-7-12(17)11-14(13)18/h7-8,11H,3-6,9-10H2,1-2H3. The maximum Gasteiger partial charge on any atom is 0.185 e. The van der Waals surface area contributed by atoms with E-state index in [1.807, 2.05) is 13.8 Å². The van der Waals surface area contributed by atoms with Gasteiger partial charge >= 0.3 is 0 Å². The van der Waals surface area contributed by atoms with Gasteiger partial charge in [0.05, 0.1) is 11.1 Å². The SMILES string of the molecule is CCC(C)(C(=O)c1ccc(Cl)cc1F)N1CCCCC1. The molecule has 20 heavy (non-hydrogen) atoms. The summed E-state index contributed by atoms with van der Waals surface area (Å²) in [6.07, 6.45) is 4.09. The fourth-order valence-electron chi connectivity index (χ4n) is 2.88. The summed E-state index contributed by atoms with van der Waals surface area (Å²) in [7, 11) is 0. The lowest BCUT2D eigenvalue weighted by Gasteiger charge is -2.41. The third-order valence-corrected chi connectivity index (χ3v) is 4.64. The summed E-state index contributed by atoms with van der Waals surface area (Å²) in [5.74, 6) is -0.671. The first kappa shape index (κ1) is 15.5. The molecule has 0 radical (unpaired) electrons. The molecule has 1 aromatic carbocycles. The zero-order valence-electron chi connectivity index (χ0n) is 12.1. The van der Waals surface area contributed by atoms with Gasteiger partial charge in [0.25, 0.3) is 0 Å². The Kier molecular flexibility index (Phi) is 4.82. The predicted octanol–water partition coefficient (Wildman–Crippen LogP) is 4.32. The number of piperidine rings is 1. The molecular formula is C16H21ClFNO. The van der Waals surface area contributed by atoms with Gasteiger partial charge in [0.15, 0.2) is 5.78 Å². The number of likely N-dealkylation sites (tertiary alicyclic amines) is 1. The number of hydrogen-bond donors (Lipinski definition) is 0. The van der Waals surface area contributed by atoms with Gasteiger partial charge in [0.1, 0.15) is 5.82 Å². The maximum atomic E-state index is 14.0. The zero-order chi connectivity index (χ0) is 14.8. The molecule has 110 valence electrons. The first-order chi connectivity index (χ1) is 9.49. The highest BCUT2D eigenvalue weighted by atomic mass is 35.5. The Morgan fingerprint density at radius 3 is 2.55 bits per heavy atom. The predicted molar refractivity (Wildman–Crippen MR) is 79.9 cm³/mol. The van der Waals surface area contributed by atoms with E-state index < -0.39 is 11.4 Å². The molecule has 4 heteroatoms. The number of carbonyl (C=O) groups excluding carboxylic acids is 1. The lowest BCUT2D eigenvalue weighted by atomic mass is 9.85. The molecule has 2 rings (SSSR count).